The summed E-state index contributed by atoms with van der Waals surface area (Å²) in [4.78, 5) is 0. The zero-order valence-corrected chi connectivity index (χ0v) is 13.2. The van der Waals surface area contributed by atoms with Crippen LogP contribution >= 0.6 is 0 Å². The van der Waals surface area contributed by atoms with Crippen molar-refractivity contribution in [3.8, 4) is 0 Å². The molecule has 1 nitrogen and oxygen atoms in total. The van der Waals surface area contributed by atoms with E-state index in [0.29, 0.717) is 0 Å². The maximum Gasteiger partial charge on any atom is 0.0452 e. The summed E-state index contributed by atoms with van der Waals surface area (Å²) < 4.78 is 9.14. The largest absolute Gasteiger partial charge is 0.323 e. The molecule has 0 aliphatic rings. The van der Waals surface area contributed by atoms with E-state index in [1.807, 2.05) is 105 Å². The topological polar surface area (TPSA) is 12.0 Å². The lowest BCUT2D eigenvalue weighted by Gasteiger charge is -2.18. The highest BCUT2D eigenvalue weighted by Gasteiger charge is 2.15. The Morgan fingerprint density at radius 3 is 1.05 bits per heavy atom. The maximum absolute atomic E-state index is 9.14. The molecule has 22 heavy (non-hydrogen) atoms. The lowest BCUT2D eigenvalue weighted by Crippen LogP contribution is -2.02. The van der Waals surface area contributed by atoms with Gasteiger partial charge in [-0.25, -0.2) is 0 Å². The zero-order valence-electron chi connectivity index (χ0n) is 14.2. The van der Waals surface area contributed by atoms with E-state index in [1.165, 1.54) is 0 Å². The summed E-state index contributed by atoms with van der Waals surface area (Å²) in [5.41, 5.74) is 2.95. The van der Waals surface area contributed by atoms with Crippen molar-refractivity contribution < 1.29 is 1.37 Å². The summed E-state index contributed by atoms with van der Waals surface area (Å²) >= 11 is 0. The van der Waals surface area contributed by atoms with Crippen LogP contribution in [0.25, 0.3) is 0 Å². The highest BCUT2D eigenvalue weighted by molar-refractivity contribution is 5.42. The van der Waals surface area contributed by atoms with E-state index >= 15 is 0 Å². The van der Waals surface area contributed by atoms with Gasteiger partial charge in [0.05, 0.1) is 0 Å². The Morgan fingerprint density at radius 1 is 0.591 bits per heavy atom. The number of hydrogen-bond donors (Lipinski definition) is 1. The van der Waals surface area contributed by atoms with Gasteiger partial charge in [-0.3, -0.25) is 0 Å². The van der Waals surface area contributed by atoms with Gasteiger partial charge in [0.15, 0.2) is 0 Å². The van der Waals surface area contributed by atoms with E-state index in [2.05, 4.69) is 5.32 Å². The van der Waals surface area contributed by atoms with Crippen molar-refractivity contribution in [2.75, 3.05) is 14.1 Å². The first-order chi connectivity index (χ1) is 11.2. The van der Waals surface area contributed by atoms with Crippen LogP contribution < -0.4 is 5.32 Å². The van der Waals surface area contributed by atoms with Crippen molar-refractivity contribution >= 4 is 0 Å². The molecule has 112 valence electrons. The third-order valence-corrected chi connectivity index (χ3v) is 3.19. The Kier molecular flexibility index (Phi) is 5.83. The molecule has 0 fully saturated rings. The minimum Gasteiger partial charge on any atom is -0.323 e. The maximum atomic E-state index is 9.14. The molecule has 0 aromatic heterocycles. The van der Waals surface area contributed by atoms with Crippen LogP contribution in [0.4, 0.5) is 0 Å². The average Bonchev–Trinajstić information content (AvgIpc) is 2.64. The summed E-state index contributed by atoms with van der Waals surface area (Å²) in [6, 6.07) is 30.0. The van der Waals surface area contributed by atoms with Crippen molar-refractivity contribution in [2.24, 2.45) is 0 Å². The van der Waals surface area contributed by atoms with Crippen LogP contribution in [0, 0.1) is 0 Å². The third kappa shape index (κ3) is 4.31. The van der Waals surface area contributed by atoms with E-state index in [-0.39, 0.29) is 0 Å². The van der Waals surface area contributed by atoms with Crippen LogP contribution in [0.15, 0.2) is 91.0 Å². The molecule has 1 N–H and O–H groups in total. The normalized spacial score (nSPS) is 11.1. The second-order valence-electron chi connectivity index (χ2n) is 4.97. The molecule has 3 rings (SSSR count). The predicted octanol–water partition coefficient (Wildman–Crippen LogP) is 4.70. The highest BCUT2D eigenvalue weighted by atomic mass is 14.7. The fourth-order valence-electron chi connectivity index (χ4n) is 2.31. The minimum absolute atomic E-state index is 0.871. The fraction of sp³-hybridized carbons (Fsp3) is 0.143. The van der Waals surface area contributed by atoms with Gasteiger partial charge >= 0.3 is 0 Å². The minimum atomic E-state index is -0.871. The third-order valence-electron chi connectivity index (χ3n) is 3.19. The molecule has 0 amide bonds. The van der Waals surface area contributed by atoms with Crippen LogP contribution in [0.1, 0.15) is 24.0 Å². The van der Waals surface area contributed by atoms with Crippen LogP contribution in [0.3, 0.4) is 0 Å². The first kappa shape index (κ1) is 14.6. The SMILES string of the molecule is CNC.[2H]C(c1ccccc1)(c1ccccc1)c1ccccc1. The zero-order chi connectivity index (χ0) is 16.5. The number of benzene rings is 3. The molecule has 0 atom stereocenters. The number of rotatable bonds is 3. The van der Waals surface area contributed by atoms with Gasteiger partial charge in [0.1, 0.15) is 0 Å². The van der Waals surface area contributed by atoms with Crippen molar-refractivity contribution in [1.82, 2.24) is 5.32 Å². The van der Waals surface area contributed by atoms with Gasteiger partial charge in [-0.05, 0) is 30.8 Å². The van der Waals surface area contributed by atoms with Crippen LogP contribution in [0.5, 0.6) is 0 Å². The van der Waals surface area contributed by atoms with Crippen molar-refractivity contribution in [3.05, 3.63) is 108 Å². The molecule has 0 radical (unpaired) electrons. The Bertz CT molecular complexity index is 584. The van der Waals surface area contributed by atoms with Gasteiger partial charge in [0, 0.05) is 7.26 Å². The van der Waals surface area contributed by atoms with Crippen LogP contribution in [-0.4, -0.2) is 14.1 Å². The van der Waals surface area contributed by atoms with Crippen molar-refractivity contribution in [3.63, 3.8) is 0 Å². The Labute approximate surface area is 135 Å². The Morgan fingerprint density at radius 2 is 0.818 bits per heavy atom. The molecule has 0 unspecified atom stereocenters. The summed E-state index contributed by atoms with van der Waals surface area (Å²) in [6.45, 7) is 0. The van der Waals surface area contributed by atoms with Crippen molar-refractivity contribution in [2.45, 2.75) is 5.89 Å². The monoisotopic (exact) mass is 290 g/mol. The lowest BCUT2D eigenvalue weighted by atomic mass is 9.85. The number of nitrogens with one attached hydrogen (secondary N) is 1. The highest BCUT2D eigenvalue weighted by Crippen LogP contribution is 2.31. The first-order valence-corrected chi connectivity index (χ1v) is 7.48. The van der Waals surface area contributed by atoms with Gasteiger partial charge in [-0.2, -0.15) is 0 Å². The van der Waals surface area contributed by atoms with Gasteiger partial charge in [-0.1, -0.05) is 91.0 Å². The van der Waals surface area contributed by atoms with Gasteiger partial charge in [-0.15, -0.1) is 0 Å². The molecule has 0 saturated carbocycles. The molecular formula is C21H23N. The predicted molar refractivity (Wildman–Crippen MR) is 95.3 cm³/mol. The summed E-state index contributed by atoms with van der Waals surface area (Å²) in [6.07, 6.45) is 0. The van der Waals surface area contributed by atoms with Crippen molar-refractivity contribution in [1.29, 1.82) is 0 Å². The molecule has 3 aromatic carbocycles. The summed E-state index contributed by atoms with van der Waals surface area (Å²) in [5.74, 6) is -0.871. The molecule has 0 saturated heterocycles. The average molecular weight is 290 g/mol. The van der Waals surface area contributed by atoms with E-state index in [1.54, 1.807) is 0 Å². The number of hydrogen-bond acceptors (Lipinski definition) is 1. The molecule has 1 heteroatoms. The van der Waals surface area contributed by atoms with Gasteiger partial charge < -0.3 is 5.32 Å². The van der Waals surface area contributed by atoms with Crippen LogP contribution in [0.2, 0.25) is 0 Å². The molecule has 0 bridgehead atoms. The molecule has 0 aliphatic carbocycles. The first-order valence-electron chi connectivity index (χ1n) is 7.98. The molecule has 0 heterocycles. The van der Waals surface area contributed by atoms with E-state index < -0.39 is 5.89 Å². The molecule has 3 aromatic rings. The van der Waals surface area contributed by atoms with Gasteiger partial charge in [0.2, 0.25) is 0 Å². The lowest BCUT2D eigenvalue weighted by molar-refractivity contribution is 0.977. The van der Waals surface area contributed by atoms with E-state index in [0.717, 1.165) is 16.7 Å². The van der Waals surface area contributed by atoms with E-state index in [4.69, 9.17) is 1.37 Å². The summed E-state index contributed by atoms with van der Waals surface area (Å²) in [7, 11) is 3.75. The molecule has 0 spiro atoms. The van der Waals surface area contributed by atoms with Crippen LogP contribution in [-0.2, 0) is 0 Å². The quantitative estimate of drug-likeness (QED) is 0.689. The fourth-order valence-corrected chi connectivity index (χ4v) is 2.31. The Hall–Kier alpha value is -2.38. The van der Waals surface area contributed by atoms with Gasteiger partial charge in [0.25, 0.3) is 0 Å². The second kappa shape index (κ2) is 8.81. The molecule has 0 aliphatic heterocycles. The molecular weight excluding hydrogens is 266 g/mol. The summed E-state index contributed by atoms with van der Waals surface area (Å²) in [5, 5.41) is 2.75. The van der Waals surface area contributed by atoms with E-state index in [9.17, 15) is 0 Å². The smallest absolute Gasteiger partial charge is 0.0452 e. The second-order valence-corrected chi connectivity index (χ2v) is 4.97. The Balaban J connectivity index is 0.000000595. The standard InChI is InChI=1S/C19H16.C2H7N/c1-4-10-16(11-5-1)19(17-12-6-2-7-13-17)18-14-8-3-9-15-18;1-3-2/h1-15,19H;3H,1-2H3/i19D;.